The maximum atomic E-state index is 4.58. The van der Waals surface area contributed by atoms with Crippen molar-refractivity contribution in [1.29, 1.82) is 0 Å². The van der Waals surface area contributed by atoms with Gasteiger partial charge < -0.3 is 20.4 Å². The van der Waals surface area contributed by atoms with Crippen LogP contribution in [-0.4, -0.2) is 74.1 Å². The highest BCUT2D eigenvalue weighted by atomic mass is 127. The lowest BCUT2D eigenvalue weighted by Crippen LogP contribution is -2.44. The van der Waals surface area contributed by atoms with Crippen molar-refractivity contribution in [3.63, 3.8) is 0 Å². The Bertz CT molecular complexity index is 873. The van der Waals surface area contributed by atoms with E-state index in [1.54, 1.807) is 0 Å². The van der Waals surface area contributed by atoms with Crippen LogP contribution >= 0.6 is 24.0 Å². The number of aliphatic imine (C=N–C) groups is 1. The summed E-state index contributed by atoms with van der Waals surface area (Å²) in [7, 11) is 3.99. The van der Waals surface area contributed by atoms with Crippen LogP contribution in [0.15, 0.2) is 47.6 Å². The van der Waals surface area contributed by atoms with Crippen molar-refractivity contribution in [3.05, 3.63) is 59.3 Å². The van der Waals surface area contributed by atoms with Crippen molar-refractivity contribution in [2.24, 2.45) is 4.99 Å². The normalized spacial score (nSPS) is 17.6. The summed E-state index contributed by atoms with van der Waals surface area (Å²) >= 11 is 0. The number of guanidine groups is 1. The molecule has 180 valence electrons. The average Bonchev–Trinajstić information content (AvgIpc) is 3.34. The monoisotopic (exact) mass is 563 g/mol. The van der Waals surface area contributed by atoms with E-state index in [0.717, 1.165) is 57.6 Å². The Hall–Kier alpha value is -1.91. The SMILES string of the molecule is CN=C(NCc1ccc(CN2CCCC2)cc1)NCc1ccnc(N2CCN(C)CC2)c1.I. The molecule has 0 amide bonds. The number of nitrogens with one attached hydrogen (secondary N) is 2. The number of rotatable bonds is 7. The average molecular weight is 564 g/mol. The number of nitrogens with zero attached hydrogens (tertiary/aromatic N) is 5. The van der Waals surface area contributed by atoms with E-state index in [-0.39, 0.29) is 24.0 Å². The van der Waals surface area contributed by atoms with Crippen LogP contribution in [0.25, 0.3) is 0 Å². The number of hydrogen-bond donors (Lipinski definition) is 2. The quantitative estimate of drug-likeness (QED) is 0.307. The second-order valence-corrected chi connectivity index (χ2v) is 8.89. The lowest BCUT2D eigenvalue weighted by atomic mass is 10.1. The first kappa shape index (κ1) is 25.7. The third-order valence-electron chi connectivity index (χ3n) is 6.41. The predicted molar refractivity (Wildman–Crippen MR) is 147 cm³/mol. The van der Waals surface area contributed by atoms with E-state index in [2.05, 4.69) is 78.8 Å². The first-order chi connectivity index (χ1) is 15.7. The number of likely N-dealkylation sites (tertiary alicyclic amines) is 1. The topological polar surface area (TPSA) is 59.0 Å². The molecule has 7 nitrogen and oxygen atoms in total. The van der Waals surface area contributed by atoms with Gasteiger partial charge in [0.1, 0.15) is 5.82 Å². The molecule has 0 aliphatic carbocycles. The summed E-state index contributed by atoms with van der Waals surface area (Å²) in [5.74, 6) is 1.87. The minimum absolute atomic E-state index is 0. The van der Waals surface area contributed by atoms with Gasteiger partial charge in [-0.25, -0.2) is 4.98 Å². The van der Waals surface area contributed by atoms with E-state index in [4.69, 9.17) is 0 Å². The summed E-state index contributed by atoms with van der Waals surface area (Å²) in [6.07, 6.45) is 4.58. The maximum Gasteiger partial charge on any atom is 0.191 e. The molecule has 0 unspecified atom stereocenters. The number of halogens is 1. The van der Waals surface area contributed by atoms with Gasteiger partial charge in [-0.1, -0.05) is 24.3 Å². The molecular formula is C25H38IN7. The van der Waals surface area contributed by atoms with Gasteiger partial charge in [-0.3, -0.25) is 9.89 Å². The molecule has 3 heterocycles. The number of piperazine rings is 1. The zero-order valence-electron chi connectivity index (χ0n) is 20.0. The Kier molecular flexibility index (Phi) is 10.2. The molecule has 8 heteroatoms. The van der Waals surface area contributed by atoms with E-state index >= 15 is 0 Å². The zero-order valence-corrected chi connectivity index (χ0v) is 22.3. The van der Waals surface area contributed by atoms with E-state index in [9.17, 15) is 0 Å². The maximum absolute atomic E-state index is 4.58. The number of anilines is 1. The largest absolute Gasteiger partial charge is 0.354 e. The third kappa shape index (κ3) is 7.82. The molecule has 0 bridgehead atoms. The van der Waals surface area contributed by atoms with Gasteiger partial charge in [-0.15, -0.1) is 24.0 Å². The number of likely N-dealkylation sites (N-methyl/N-ethyl adjacent to an activating group) is 1. The van der Waals surface area contributed by atoms with Crippen LogP contribution in [0.4, 0.5) is 5.82 Å². The van der Waals surface area contributed by atoms with Crippen molar-refractivity contribution < 1.29 is 0 Å². The molecule has 4 rings (SSSR count). The fraction of sp³-hybridized carbons (Fsp3) is 0.520. The molecule has 2 saturated heterocycles. The number of pyridine rings is 1. The first-order valence-electron chi connectivity index (χ1n) is 11.8. The number of benzene rings is 1. The predicted octanol–water partition coefficient (Wildman–Crippen LogP) is 2.91. The molecule has 2 aromatic rings. The molecule has 2 N–H and O–H groups in total. The highest BCUT2D eigenvalue weighted by molar-refractivity contribution is 14.0. The highest BCUT2D eigenvalue weighted by Crippen LogP contribution is 2.15. The lowest BCUT2D eigenvalue weighted by molar-refractivity contribution is 0.312. The van der Waals surface area contributed by atoms with E-state index in [1.807, 2.05) is 13.2 Å². The molecule has 0 saturated carbocycles. The van der Waals surface area contributed by atoms with Crippen molar-refractivity contribution in [3.8, 4) is 0 Å². The van der Waals surface area contributed by atoms with Gasteiger partial charge in [0.25, 0.3) is 0 Å². The van der Waals surface area contributed by atoms with Crippen molar-refractivity contribution in [2.45, 2.75) is 32.5 Å². The fourth-order valence-electron chi connectivity index (χ4n) is 4.33. The smallest absolute Gasteiger partial charge is 0.191 e. The van der Waals surface area contributed by atoms with Gasteiger partial charge in [0, 0.05) is 59.1 Å². The Morgan fingerprint density at radius 3 is 2.18 bits per heavy atom. The van der Waals surface area contributed by atoms with Crippen LogP contribution in [-0.2, 0) is 19.6 Å². The van der Waals surface area contributed by atoms with Gasteiger partial charge in [0.15, 0.2) is 5.96 Å². The summed E-state index contributed by atoms with van der Waals surface area (Å²) in [5, 5.41) is 6.86. The standard InChI is InChI=1S/C25H37N7.HI/c1-26-25(28-18-21-5-7-22(8-6-21)20-31-11-3-4-12-31)29-19-23-9-10-27-24(17-23)32-15-13-30(2)14-16-32;/h5-10,17H,3-4,11-16,18-20H2,1-2H3,(H2,26,28,29);1H. The second kappa shape index (κ2) is 13.1. The summed E-state index contributed by atoms with van der Waals surface area (Å²) in [5.41, 5.74) is 3.87. The van der Waals surface area contributed by atoms with Gasteiger partial charge >= 0.3 is 0 Å². The summed E-state index contributed by atoms with van der Waals surface area (Å²) in [4.78, 5) is 16.2. The Morgan fingerprint density at radius 2 is 1.52 bits per heavy atom. The molecule has 2 fully saturated rings. The molecule has 33 heavy (non-hydrogen) atoms. The molecule has 0 radical (unpaired) electrons. The van der Waals surface area contributed by atoms with Crippen LogP contribution in [0.2, 0.25) is 0 Å². The van der Waals surface area contributed by atoms with E-state index in [0.29, 0.717) is 0 Å². The highest BCUT2D eigenvalue weighted by Gasteiger charge is 2.15. The van der Waals surface area contributed by atoms with E-state index in [1.165, 1.54) is 42.6 Å². The van der Waals surface area contributed by atoms with Crippen molar-refractivity contribution >= 4 is 35.8 Å². The third-order valence-corrected chi connectivity index (χ3v) is 6.41. The Morgan fingerprint density at radius 1 is 0.879 bits per heavy atom. The molecule has 0 atom stereocenters. The van der Waals surface area contributed by atoms with Crippen LogP contribution in [0.3, 0.4) is 0 Å². The van der Waals surface area contributed by atoms with Crippen molar-refractivity contribution in [2.75, 3.05) is 58.3 Å². The summed E-state index contributed by atoms with van der Waals surface area (Å²) < 4.78 is 0. The molecule has 2 aliphatic heterocycles. The molecular weight excluding hydrogens is 525 g/mol. The molecule has 0 spiro atoms. The van der Waals surface area contributed by atoms with Gasteiger partial charge in [0.05, 0.1) is 0 Å². The zero-order chi connectivity index (χ0) is 22.2. The minimum Gasteiger partial charge on any atom is -0.354 e. The van der Waals surface area contributed by atoms with Crippen molar-refractivity contribution in [1.82, 2.24) is 25.4 Å². The molecule has 1 aromatic carbocycles. The molecule has 2 aliphatic rings. The van der Waals surface area contributed by atoms with E-state index < -0.39 is 0 Å². The van der Waals surface area contributed by atoms with Gasteiger partial charge in [-0.05, 0) is 61.8 Å². The van der Waals surface area contributed by atoms with Gasteiger partial charge in [0.2, 0.25) is 0 Å². The molecule has 1 aromatic heterocycles. The summed E-state index contributed by atoms with van der Waals surface area (Å²) in [6.45, 7) is 9.24. The summed E-state index contributed by atoms with van der Waals surface area (Å²) in [6, 6.07) is 13.2. The number of aromatic nitrogens is 1. The minimum atomic E-state index is 0. The fourth-order valence-corrected chi connectivity index (χ4v) is 4.33. The van der Waals surface area contributed by atoms with Crippen LogP contribution in [0.1, 0.15) is 29.5 Å². The van der Waals surface area contributed by atoms with Crippen LogP contribution in [0, 0.1) is 0 Å². The van der Waals surface area contributed by atoms with Crippen LogP contribution in [0.5, 0.6) is 0 Å². The first-order valence-corrected chi connectivity index (χ1v) is 11.8. The lowest BCUT2D eigenvalue weighted by Gasteiger charge is -2.33. The van der Waals surface area contributed by atoms with Gasteiger partial charge in [-0.2, -0.15) is 0 Å². The Balaban J connectivity index is 0.00000306. The number of hydrogen-bond acceptors (Lipinski definition) is 5. The second-order valence-electron chi connectivity index (χ2n) is 8.89. The van der Waals surface area contributed by atoms with Crippen LogP contribution < -0.4 is 15.5 Å². The Labute approximate surface area is 215 Å².